The van der Waals surface area contributed by atoms with E-state index in [-0.39, 0.29) is 18.7 Å². The van der Waals surface area contributed by atoms with Gasteiger partial charge in [0.05, 0.1) is 12.1 Å². The Balaban J connectivity index is 1.54. The third-order valence-corrected chi connectivity index (χ3v) is 6.96. The van der Waals surface area contributed by atoms with Crippen LogP contribution in [0.25, 0.3) is 11.4 Å². The highest BCUT2D eigenvalue weighted by Crippen LogP contribution is 2.49. The summed E-state index contributed by atoms with van der Waals surface area (Å²) < 4.78 is 30.8. The summed E-state index contributed by atoms with van der Waals surface area (Å²) in [7, 11) is 0. The molecular weight excluding hydrogens is 464 g/mol. The maximum absolute atomic E-state index is 13.9. The lowest BCUT2D eigenvalue weighted by atomic mass is 9.79. The average Bonchev–Trinajstić information content (AvgIpc) is 3.33. The van der Waals surface area contributed by atoms with Crippen LogP contribution in [0, 0.1) is 0 Å². The van der Waals surface area contributed by atoms with Crippen molar-refractivity contribution in [1.82, 2.24) is 14.5 Å². The fourth-order valence-corrected chi connectivity index (χ4v) is 5.29. The first kappa shape index (κ1) is 20.4. The molecule has 3 heterocycles. The summed E-state index contributed by atoms with van der Waals surface area (Å²) in [5, 5.41) is 0. The highest BCUT2D eigenvalue weighted by molar-refractivity contribution is 9.10. The van der Waals surface area contributed by atoms with Crippen LogP contribution in [0.2, 0.25) is 0 Å². The fraction of sp³-hybridized carbons (Fsp3) is 0.333. The van der Waals surface area contributed by atoms with Crippen LogP contribution in [0.1, 0.15) is 36.8 Å². The number of carbonyl (C=O) groups is 1. The van der Waals surface area contributed by atoms with Crippen LogP contribution >= 0.6 is 15.9 Å². The van der Waals surface area contributed by atoms with Crippen molar-refractivity contribution in [3.05, 3.63) is 76.5 Å². The number of nitrogens with zero attached hydrogens (tertiary/aromatic N) is 3. The van der Waals surface area contributed by atoms with Crippen LogP contribution in [-0.4, -0.2) is 39.4 Å². The molecule has 1 fully saturated rings. The van der Waals surface area contributed by atoms with Gasteiger partial charge in [-0.25, -0.2) is 13.8 Å². The molecule has 2 aliphatic rings. The summed E-state index contributed by atoms with van der Waals surface area (Å²) in [5.74, 6) is -2.16. The molecule has 4 nitrogen and oxygen atoms in total. The Morgan fingerprint density at radius 3 is 2.68 bits per heavy atom. The number of piperidine rings is 1. The number of likely N-dealkylation sites (tertiary alicyclic amines) is 1. The molecule has 0 spiro atoms. The minimum atomic E-state index is -2.80. The molecule has 1 atom stereocenters. The Morgan fingerprint density at radius 1 is 1.13 bits per heavy atom. The predicted molar refractivity (Wildman–Crippen MR) is 118 cm³/mol. The number of hydrogen-bond donors (Lipinski definition) is 0. The number of imidazole rings is 1. The molecule has 31 heavy (non-hydrogen) atoms. The topological polar surface area (TPSA) is 38.1 Å². The minimum Gasteiger partial charge on any atom is -0.337 e. The van der Waals surface area contributed by atoms with Gasteiger partial charge in [-0.1, -0.05) is 52.3 Å². The number of carbonyl (C=O) groups excluding carboxylic acids is 1. The monoisotopic (exact) mass is 485 g/mol. The molecule has 0 N–H and O–H groups in total. The third-order valence-electron chi connectivity index (χ3n) is 6.43. The number of halogens is 3. The minimum absolute atomic E-state index is 0.147. The van der Waals surface area contributed by atoms with Gasteiger partial charge in [0.25, 0.3) is 5.92 Å². The molecule has 5 rings (SSSR count). The first-order valence-electron chi connectivity index (χ1n) is 10.5. The summed E-state index contributed by atoms with van der Waals surface area (Å²) >= 11 is 3.50. The van der Waals surface area contributed by atoms with E-state index in [1.165, 1.54) is 4.90 Å². The van der Waals surface area contributed by atoms with Crippen molar-refractivity contribution in [3.8, 4) is 11.4 Å². The SMILES string of the molecule is O=C(CCC1(c2ccc(Br)cc2)c2ccccc2-c2nccn21)N1CCCC(F)(F)C1. The summed E-state index contributed by atoms with van der Waals surface area (Å²) in [4.78, 5) is 18.9. The van der Waals surface area contributed by atoms with E-state index in [0.717, 1.165) is 27.0 Å². The van der Waals surface area contributed by atoms with Crippen LogP contribution in [0.3, 0.4) is 0 Å². The standard InChI is InChI=1S/C24H22BrF2N3O/c25-18-8-6-17(7-9-18)24(12-10-21(31)29-14-3-11-23(26,27)16-29)20-5-2-1-4-19(20)22-28-13-15-30(22)24/h1-2,4-9,13,15H,3,10-12,14,16H2. The lowest BCUT2D eigenvalue weighted by molar-refractivity contribution is -0.142. The smallest absolute Gasteiger partial charge is 0.265 e. The first-order chi connectivity index (χ1) is 14.9. The van der Waals surface area contributed by atoms with E-state index in [4.69, 9.17) is 0 Å². The third kappa shape index (κ3) is 3.39. The van der Waals surface area contributed by atoms with Crippen LogP contribution in [0.4, 0.5) is 8.78 Å². The lowest BCUT2D eigenvalue weighted by Gasteiger charge is -2.36. The Bertz CT molecular complexity index is 1130. The summed E-state index contributed by atoms with van der Waals surface area (Å²) in [6.45, 7) is -0.0867. The molecule has 1 saturated heterocycles. The number of aromatic nitrogens is 2. The second-order valence-electron chi connectivity index (χ2n) is 8.31. The summed E-state index contributed by atoms with van der Waals surface area (Å²) in [6, 6.07) is 16.2. The van der Waals surface area contributed by atoms with Gasteiger partial charge >= 0.3 is 0 Å². The zero-order valence-electron chi connectivity index (χ0n) is 16.9. The van der Waals surface area contributed by atoms with E-state index in [0.29, 0.717) is 19.4 Å². The van der Waals surface area contributed by atoms with E-state index in [1.54, 1.807) is 6.20 Å². The number of fused-ring (bicyclic) bond motifs is 3. The number of hydrogen-bond acceptors (Lipinski definition) is 2. The quantitative estimate of drug-likeness (QED) is 0.492. The molecule has 0 bridgehead atoms. The Labute approximate surface area is 188 Å². The molecule has 2 aromatic carbocycles. The second-order valence-corrected chi connectivity index (χ2v) is 9.22. The van der Waals surface area contributed by atoms with Gasteiger partial charge in [-0.3, -0.25) is 4.79 Å². The zero-order chi connectivity index (χ0) is 21.6. The van der Waals surface area contributed by atoms with Gasteiger partial charge in [0.2, 0.25) is 5.91 Å². The molecule has 0 aliphatic carbocycles. The molecule has 2 aliphatic heterocycles. The zero-order valence-corrected chi connectivity index (χ0v) is 18.5. The second kappa shape index (κ2) is 7.55. The summed E-state index contributed by atoms with van der Waals surface area (Å²) in [6.07, 6.45) is 4.55. The van der Waals surface area contributed by atoms with Gasteiger partial charge in [0, 0.05) is 41.8 Å². The van der Waals surface area contributed by atoms with Crippen LogP contribution in [0.5, 0.6) is 0 Å². The molecule has 3 aromatic rings. The Kier molecular flexibility index (Phi) is 4.96. The van der Waals surface area contributed by atoms with Crippen LogP contribution in [-0.2, 0) is 10.3 Å². The van der Waals surface area contributed by atoms with E-state index in [9.17, 15) is 13.6 Å². The Hall–Kier alpha value is -2.54. The van der Waals surface area contributed by atoms with Crippen molar-refractivity contribution in [2.24, 2.45) is 0 Å². The maximum atomic E-state index is 13.9. The van der Waals surface area contributed by atoms with Crippen molar-refractivity contribution in [2.75, 3.05) is 13.1 Å². The van der Waals surface area contributed by atoms with Gasteiger partial charge in [0.15, 0.2) is 0 Å². The van der Waals surface area contributed by atoms with Gasteiger partial charge in [-0.15, -0.1) is 0 Å². The van der Waals surface area contributed by atoms with Gasteiger partial charge in [-0.05, 0) is 36.1 Å². The van der Waals surface area contributed by atoms with E-state index in [2.05, 4.69) is 43.7 Å². The Morgan fingerprint density at radius 2 is 1.90 bits per heavy atom. The molecule has 160 valence electrons. The van der Waals surface area contributed by atoms with Crippen molar-refractivity contribution >= 4 is 21.8 Å². The van der Waals surface area contributed by atoms with Crippen LogP contribution < -0.4 is 0 Å². The molecule has 1 aromatic heterocycles. The fourth-order valence-electron chi connectivity index (χ4n) is 5.02. The molecule has 0 radical (unpaired) electrons. The molecule has 0 saturated carbocycles. The highest BCUT2D eigenvalue weighted by Gasteiger charge is 2.45. The largest absolute Gasteiger partial charge is 0.337 e. The number of alkyl halides is 2. The normalized spacial score (nSPS) is 21.6. The summed E-state index contributed by atoms with van der Waals surface area (Å²) in [5.41, 5.74) is 2.54. The van der Waals surface area contributed by atoms with Crippen LogP contribution in [0.15, 0.2) is 65.4 Å². The molecule has 1 amide bonds. The molecular formula is C24H22BrF2N3O. The number of amides is 1. The van der Waals surface area contributed by atoms with E-state index in [1.807, 2.05) is 36.5 Å². The molecule has 7 heteroatoms. The van der Waals surface area contributed by atoms with E-state index >= 15 is 0 Å². The number of benzene rings is 2. The lowest BCUT2D eigenvalue weighted by Crippen LogP contribution is -2.46. The molecule has 1 unspecified atom stereocenters. The predicted octanol–water partition coefficient (Wildman–Crippen LogP) is 5.46. The highest BCUT2D eigenvalue weighted by atomic mass is 79.9. The van der Waals surface area contributed by atoms with Gasteiger partial charge in [0.1, 0.15) is 5.82 Å². The van der Waals surface area contributed by atoms with Crippen molar-refractivity contribution in [3.63, 3.8) is 0 Å². The number of rotatable bonds is 4. The van der Waals surface area contributed by atoms with E-state index < -0.39 is 18.0 Å². The van der Waals surface area contributed by atoms with Gasteiger partial charge in [-0.2, -0.15) is 0 Å². The van der Waals surface area contributed by atoms with Crippen molar-refractivity contribution in [2.45, 2.75) is 37.1 Å². The van der Waals surface area contributed by atoms with Crippen molar-refractivity contribution in [1.29, 1.82) is 0 Å². The maximum Gasteiger partial charge on any atom is 0.265 e. The van der Waals surface area contributed by atoms with Gasteiger partial charge < -0.3 is 9.47 Å². The average molecular weight is 486 g/mol. The van der Waals surface area contributed by atoms with Crippen molar-refractivity contribution < 1.29 is 13.6 Å². The first-order valence-corrected chi connectivity index (χ1v) is 11.3.